The molecule has 5 nitrogen and oxygen atoms in total. The van der Waals surface area contributed by atoms with Crippen molar-refractivity contribution in [2.75, 3.05) is 6.54 Å². The molecule has 0 aromatic heterocycles. The molecule has 5 heteroatoms. The topological polar surface area (TPSA) is 87.7 Å². The third kappa shape index (κ3) is 3.64. The van der Waals surface area contributed by atoms with Crippen LogP contribution in [0, 0.1) is 23.7 Å². The fourth-order valence-corrected chi connectivity index (χ4v) is 3.71. The third-order valence-electron chi connectivity index (χ3n) is 5.11. The van der Waals surface area contributed by atoms with Crippen LogP contribution < -0.4 is 11.1 Å². The lowest BCUT2D eigenvalue weighted by Crippen LogP contribution is -2.40. The molecule has 0 aliphatic heterocycles. The van der Waals surface area contributed by atoms with Crippen molar-refractivity contribution in [2.45, 2.75) is 51.9 Å². The Morgan fingerprint density at radius 2 is 2.00 bits per heavy atom. The number of fused-ring (bicyclic) bond motifs is 1. The highest BCUT2D eigenvalue weighted by Crippen LogP contribution is 2.42. The van der Waals surface area contributed by atoms with Gasteiger partial charge in [0.1, 0.15) is 5.84 Å². The molecule has 2 aliphatic carbocycles. The van der Waals surface area contributed by atoms with Crippen molar-refractivity contribution in [3.05, 3.63) is 0 Å². The van der Waals surface area contributed by atoms with Gasteiger partial charge in [-0.3, -0.25) is 4.79 Å². The van der Waals surface area contributed by atoms with Gasteiger partial charge in [-0.15, -0.1) is 0 Å². The van der Waals surface area contributed by atoms with Gasteiger partial charge in [-0.05, 0) is 31.1 Å². The third-order valence-corrected chi connectivity index (χ3v) is 5.11. The minimum absolute atomic E-state index is 0.130. The maximum atomic E-state index is 12.2. The summed E-state index contributed by atoms with van der Waals surface area (Å²) in [6.07, 6.45) is 8.64. The van der Waals surface area contributed by atoms with Gasteiger partial charge in [0.15, 0.2) is 0 Å². The molecule has 0 radical (unpaired) electrons. The number of carbonyl (C=O) groups excluding carboxylic acids is 1. The second-order valence-electron chi connectivity index (χ2n) is 6.49. The van der Waals surface area contributed by atoms with Crippen molar-refractivity contribution in [3.63, 3.8) is 0 Å². The van der Waals surface area contributed by atoms with E-state index in [9.17, 15) is 4.79 Å². The average molecular weight is 281 g/mol. The van der Waals surface area contributed by atoms with Crippen LogP contribution in [0.5, 0.6) is 0 Å². The Morgan fingerprint density at radius 1 is 1.30 bits per heavy atom. The number of amides is 1. The summed E-state index contributed by atoms with van der Waals surface area (Å²) >= 11 is 0. The zero-order valence-electron chi connectivity index (χ0n) is 12.3. The van der Waals surface area contributed by atoms with Crippen LogP contribution >= 0.6 is 0 Å². The van der Waals surface area contributed by atoms with Crippen LogP contribution in [0.4, 0.5) is 0 Å². The molecular formula is C15H27N3O2. The molecule has 4 N–H and O–H groups in total. The van der Waals surface area contributed by atoms with Crippen LogP contribution in [0.15, 0.2) is 5.16 Å². The molecule has 114 valence electrons. The van der Waals surface area contributed by atoms with Crippen molar-refractivity contribution < 1.29 is 10.0 Å². The summed E-state index contributed by atoms with van der Waals surface area (Å²) in [5.74, 6) is 1.97. The molecule has 4 atom stereocenters. The van der Waals surface area contributed by atoms with Crippen molar-refractivity contribution in [2.24, 2.45) is 34.6 Å². The van der Waals surface area contributed by atoms with E-state index in [-0.39, 0.29) is 23.6 Å². The molecule has 0 bridgehead atoms. The second-order valence-corrected chi connectivity index (χ2v) is 6.49. The predicted molar refractivity (Wildman–Crippen MR) is 78.4 cm³/mol. The monoisotopic (exact) mass is 281 g/mol. The van der Waals surface area contributed by atoms with Gasteiger partial charge in [-0.2, -0.15) is 0 Å². The van der Waals surface area contributed by atoms with Gasteiger partial charge in [0, 0.05) is 18.4 Å². The number of oxime groups is 1. The van der Waals surface area contributed by atoms with Crippen LogP contribution in [0.2, 0.25) is 0 Å². The molecule has 2 fully saturated rings. The number of nitrogens with one attached hydrogen (secondary N) is 1. The number of rotatable bonds is 4. The Morgan fingerprint density at radius 3 is 2.70 bits per heavy atom. The first kappa shape index (κ1) is 15.1. The number of amidine groups is 1. The van der Waals surface area contributed by atoms with Gasteiger partial charge < -0.3 is 16.3 Å². The van der Waals surface area contributed by atoms with E-state index in [1.54, 1.807) is 0 Å². The fraction of sp³-hybridized carbons (Fsp3) is 0.867. The van der Waals surface area contributed by atoms with E-state index in [4.69, 9.17) is 10.9 Å². The minimum atomic E-state index is -0.130. The molecule has 0 aromatic rings. The van der Waals surface area contributed by atoms with Crippen LogP contribution in [-0.2, 0) is 4.79 Å². The number of hydrogen-bond donors (Lipinski definition) is 3. The zero-order valence-corrected chi connectivity index (χ0v) is 12.3. The molecule has 0 spiro atoms. The van der Waals surface area contributed by atoms with Gasteiger partial charge >= 0.3 is 0 Å². The summed E-state index contributed by atoms with van der Waals surface area (Å²) < 4.78 is 0. The largest absolute Gasteiger partial charge is 0.409 e. The second kappa shape index (κ2) is 6.95. The van der Waals surface area contributed by atoms with Crippen LogP contribution in [-0.4, -0.2) is 23.5 Å². The van der Waals surface area contributed by atoms with E-state index in [2.05, 4.69) is 10.5 Å². The fourth-order valence-electron chi connectivity index (χ4n) is 3.71. The maximum Gasteiger partial charge on any atom is 0.223 e. The van der Waals surface area contributed by atoms with Crippen molar-refractivity contribution in [1.82, 2.24) is 5.32 Å². The van der Waals surface area contributed by atoms with E-state index < -0.39 is 0 Å². The summed E-state index contributed by atoms with van der Waals surface area (Å²) in [6.45, 7) is 2.28. The Kier molecular flexibility index (Phi) is 5.26. The van der Waals surface area contributed by atoms with Crippen molar-refractivity contribution in [3.8, 4) is 0 Å². The van der Waals surface area contributed by atoms with Crippen LogP contribution in [0.3, 0.4) is 0 Å². The lowest BCUT2D eigenvalue weighted by atomic mass is 9.67. The van der Waals surface area contributed by atoms with E-state index >= 15 is 0 Å². The molecule has 0 aromatic carbocycles. The average Bonchev–Trinajstić information content (AvgIpc) is 2.50. The molecule has 0 saturated heterocycles. The number of nitrogens with two attached hydrogens (primary N) is 1. The number of hydrogen-bond acceptors (Lipinski definition) is 3. The van der Waals surface area contributed by atoms with E-state index in [1.807, 2.05) is 6.92 Å². The lowest BCUT2D eigenvalue weighted by molar-refractivity contribution is -0.127. The minimum Gasteiger partial charge on any atom is -0.409 e. The molecule has 2 aliphatic rings. The van der Waals surface area contributed by atoms with Crippen LogP contribution in [0.25, 0.3) is 0 Å². The Bertz CT molecular complexity index is 370. The quantitative estimate of drug-likeness (QED) is 0.319. The molecule has 2 saturated carbocycles. The van der Waals surface area contributed by atoms with E-state index in [1.165, 1.54) is 32.1 Å². The predicted octanol–water partition coefficient (Wildman–Crippen LogP) is 2.09. The molecular weight excluding hydrogens is 254 g/mol. The molecule has 0 heterocycles. The Labute approximate surface area is 121 Å². The van der Waals surface area contributed by atoms with Gasteiger partial charge in [0.25, 0.3) is 0 Å². The maximum absolute atomic E-state index is 12.2. The summed E-state index contributed by atoms with van der Waals surface area (Å²) in [4.78, 5) is 12.2. The summed E-state index contributed by atoms with van der Waals surface area (Å²) in [7, 11) is 0. The highest BCUT2D eigenvalue weighted by molar-refractivity contribution is 5.83. The number of carbonyl (C=O) groups is 1. The summed E-state index contributed by atoms with van der Waals surface area (Å²) in [5, 5.41) is 14.5. The Hall–Kier alpha value is -1.26. The number of nitrogens with zero attached hydrogens (tertiary/aromatic N) is 1. The van der Waals surface area contributed by atoms with Gasteiger partial charge in [-0.1, -0.05) is 37.8 Å². The normalized spacial score (nSPS) is 32.2. The highest BCUT2D eigenvalue weighted by atomic mass is 16.4. The SMILES string of the molecule is CC(CNC(=O)C1CCC2CCCCC2C1)C(N)=NO. The first-order valence-corrected chi connectivity index (χ1v) is 7.87. The summed E-state index contributed by atoms with van der Waals surface area (Å²) in [5.41, 5.74) is 5.52. The first-order chi connectivity index (χ1) is 9.61. The standard InChI is InChI=1S/C15H27N3O2/c1-10(14(16)18-20)9-17-15(19)13-7-6-11-4-2-3-5-12(11)8-13/h10-13,20H,2-9H2,1H3,(H2,16,18)(H,17,19). The smallest absolute Gasteiger partial charge is 0.223 e. The molecule has 4 unspecified atom stereocenters. The highest BCUT2D eigenvalue weighted by Gasteiger charge is 2.34. The van der Waals surface area contributed by atoms with Crippen molar-refractivity contribution >= 4 is 11.7 Å². The first-order valence-electron chi connectivity index (χ1n) is 7.87. The molecule has 2 rings (SSSR count). The van der Waals surface area contributed by atoms with E-state index in [0.717, 1.165) is 24.7 Å². The van der Waals surface area contributed by atoms with Crippen molar-refractivity contribution in [1.29, 1.82) is 0 Å². The molecule has 1 amide bonds. The molecule has 20 heavy (non-hydrogen) atoms. The van der Waals surface area contributed by atoms with Crippen LogP contribution in [0.1, 0.15) is 51.9 Å². The van der Waals surface area contributed by atoms with Gasteiger partial charge in [-0.25, -0.2) is 0 Å². The lowest BCUT2D eigenvalue weighted by Gasteiger charge is -2.38. The van der Waals surface area contributed by atoms with Gasteiger partial charge in [0.2, 0.25) is 5.91 Å². The zero-order chi connectivity index (χ0) is 14.5. The Balaban J connectivity index is 1.78. The summed E-state index contributed by atoms with van der Waals surface area (Å²) in [6, 6.07) is 0. The van der Waals surface area contributed by atoms with E-state index in [0.29, 0.717) is 6.54 Å². The van der Waals surface area contributed by atoms with Gasteiger partial charge in [0.05, 0.1) is 0 Å².